The van der Waals surface area contributed by atoms with Crippen LogP contribution in [0.2, 0.25) is 15.1 Å². The van der Waals surface area contributed by atoms with Crippen molar-refractivity contribution in [2.75, 3.05) is 62.4 Å². The predicted molar refractivity (Wildman–Crippen MR) is 268 cm³/mol. The predicted octanol–water partition coefficient (Wildman–Crippen LogP) is 4.57. The molecule has 6 heterocycles. The van der Waals surface area contributed by atoms with Crippen LogP contribution in [-0.2, 0) is 48.3 Å². The minimum absolute atomic E-state index is 0.0172. The molecule has 2 unspecified atom stereocenters. The van der Waals surface area contributed by atoms with Crippen molar-refractivity contribution in [1.29, 1.82) is 0 Å². The van der Waals surface area contributed by atoms with E-state index in [0.717, 1.165) is 6.07 Å². The first-order valence-corrected chi connectivity index (χ1v) is 28.3. The van der Waals surface area contributed by atoms with Gasteiger partial charge in [0, 0.05) is 86.9 Å². The molecule has 4 N–H and O–H groups in total. The summed E-state index contributed by atoms with van der Waals surface area (Å²) in [6.45, 7) is 3.21. The Kier molecular flexibility index (Phi) is 17.5. The van der Waals surface area contributed by atoms with Crippen LogP contribution in [0, 0.1) is 5.82 Å². The number of carboxylic acid groups (broad SMARTS) is 2. The molecule has 0 spiro atoms. The molecule has 2 saturated heterocycles. The Balaban J connectivity index is 0.000000211. The van der Waals surface area contributed by atoms with Crippen LogP contribution >= 0.6 is 57.5 Å². The normalized spacial score (nSPS) is 22.0. The van der Waals surface area contributed by atoms with Gasteiger partial charge in [0.15, 0.2) is 41.4 Å². The fraction of sp³-hybridized carbons (Fsp3) is 0.364. The van der Waals surface area contributed by atoms with E-state index >= 15 is 0 Å². The number of hydrogen-bond acceptors (Lipinski definition) is 20. The molecule has 20 nitrogen and oxygen atoms in total. The summed E-state index contributed by atoms with van der Waals surface area (Å²) in [5.41, 5.74) is 1.63. The summed E-state index contributed by atoms with van der Waals surface area (Å²) < 4.78 is 72.9. The van der Waals surface area contributed by atoms with Gasteiger partial charge in [-0.2, -0.15) is 0 Å². The molecule has 4 aromatic rings. The number of amidine groups is 2. The molecule has 28 heteroatoms. The summed E-state index contributed by atoms with van der Waals surface area (Å²) >= 11 is 21.5. The Morgan fingerprint density at radius 3 is 1.51 bits per heavy atom. The number of halogens is 4. The van der Waals surface area contributed by atoms with Crippen LogP contribution in [-0.4, -0.2) is 157 Å². The van der Waals surface area contributed by atoms with E-state index in [1.807, 2.05) is 0 Å². The van der Waals surface area contributed by atoms with E-state index in [9.17, 15) is 50.6 Å². The van der Waals surface area contributed by atoms with Crippen molar-refractivity contribution in [2.45, 2.75) is 38.0 Å². The molecular formula is C44H44Cl3FN8O12S4. The molecule has 0 saturated carbocycles. The molecule has 4 aliphatic rings. The first kappa shape index (κ1) is 54.4. The number of aliphatic imine (C=N–C) groups is 2. The Morgan fingerprint density at radius 1 is 0.708 bits per heavy atom. The van der Waals surface area contributed by atoms with E-state index in [-0.39, 0.29) is 77.8 Å². The van der Waals surface area contributed by atoms with Gasteiger partial charge in [-0.1, -0.05) is 46.9 Å². The summed E-state index contributed by atoms with van der Waals surface area (Å²) in [7, 11) is -7.05. The van der Waals surface area contributed by atoms with E-state index in [4.69, 9.17) is 49.3 Å². The van der Waals surface area contributed by atoms with Crippen LogP contribution in [0.3, 0.4) is 0 Å². The molecule has 2 aromatic heterocycles. The second kappa shape index (κ2) is 23.2. The van der Waals surface area contributed by atoms with Gasteiger partial charge in [0.25, 0.3) is 0 Å². The third-order valence-electron chi connectivity index (χ3n) is 11.4. The number of aliphatic carboxylic acids is 2. The number of aromatic nitrogens is 2. The number of nitrogens with one attached hydrogen (secondary N) is 2. The summed E-state index contributed by atoms with van der Waals surface area (Å²) in [4.78, 5) is 71.1. The maximum Gasteiger partial charge on any atom is 0.338 e. The van der Waals surface area contributed by atoms with Crippen molar-refractivity contribution < 1.29 is 60.1 Å². The number of ether oxygens (including phenoxy) is 2. The molecule has 384 valence electrons. The lowest BCUT2D eigenvalue weighted by atomic mass is 9.95. The fourth-order valence-corrected chi connectivity index (χ4v) is 13.0. The molecule has 0 aliphatic carbocycles. The highest BCUT2D eigenvalue weighted by atomic mass is 35.5. The summed E-state index contributed by atoms with van der Waals surface area (Å²) in [6, 6.07) is 4.05. The van der Waals surface area contributed by atoms with Crippen molar-refractivity contribution in [3.8, 4) is 0 Å². The number of nitrogens with zero attached hydrogens (tertiary/aromatic N) is 6. The van der Waals surface area contributed by atoms with Gasteiger partial charge in [-0.05, 0) is 38.1 Å². The van der Waals surface area contributed by atoms with Gasteiger partial charge in [0.2, 0.25) is 0 Å². The van der Waals surface area contributed by atoms with Gasteiger partial charge in [-0.3, -0.25) is 29.4 Å². The number of carboxylic acids is 2. The first-order chi connectivity index (χ1) is 34.2. The second-order valence-electron chi connectivity index (χ2n) is 16.1. The Morgan fingerprint density at radius 2 is 1.14 bits per heavy atom. The van der Waals surface area contributed by atoms with E-state index in [2.05, 4.69) is 25.6 Å². The van der Waals surface area contributed by atoms with Gasteiger partial charge in [-0.15, -0.1) is 22.7 Å². The highest BCUT2D eigenvalue weighted by Gasteiger charge is 2.42. The number of hydrogen-bond donors (Lipinski definition) is 4. The molecule has 2 fully saturated rings. The zero-order valence-electron chi connectivity index (χ0n) is 38.0. The van der Waals surface area contributed by atoms with Crippen LogP contribution < -0.4 is 10.6 Å². The fourth-order valence-electron chi connectivity index (χ4n) is 8.06. The summed E-state index contributed by atoms with van der Waals surface area (Å²) in [5.74, 6) is -5.33. The first-order valence-electron chi connectivity index (χ1n) is 21.7. The third-order valence-corrected chi connectivity index (χ3v) is 17.1. The van der Waals surface area contributed by atoms with Crippen molar-refractivity contribution in [3.63, 3.8) is 0 Å². The topological polar surface area (TPSA) is 277 Å². The number of carbonyl (C=O) groups excluding carboxylic acids is 2. The SMILES string of the molecule is CCOC(=O)C1=C(CN2CCS(=O)(=O)C[C@H]2C(=O)O)NC(c2nccs2)=NC1c1ccc(Cl)cc1Cl.CCOC(=O)C1=C(CN2CCS(=O)(=O)C[C@H]2C(=O)O)NC(c2nccs2)=NC1c1ccc(F)cc1Cl. The highest BCUT2D eigenvalue weighted by molar-refractivity contribution is 7.91. The number of carbonyl (C=O) groups is 4. The molecule has 2 aromatic carbocycles. The third kappa shape index (κ3) is 12.9. The number of sulfone groups is 2. The van der Waals surface area contributed by atoms with E-state index in [1.165, 1.54) is 50.7 Å². The second-order valence-corrected chi connectivity index (χ2v) is 23.6. The average molecular weight is 1130 g/mol. The van der Waals surface area contributed by atoms with E-state index in [1.54, 1.807) is 49.1 Å². The molecule has 4 atom stereocenters. The van der Waals surface area contributed by atoms with Crippen molar-refractivity contribution in [3.05, 3.63) is 124 Å². The number of rotatable bonds is 14. The van der Waals surface area contributed by atoms with Crippen molar-refractivity contribution >= 4 is 113 Å². The molecule has 0 amide bonds. The molecule has 4 aliphatic heterocycles. The molecule has 8 rings (SSSR count). The van der Waals surface area contributed by atoms with Crippen LogP contribution in [0.25, 0.3) is 0 Å². The number of benzene rings is 2. The quantitative estimate of drug-likeness (QED) is 0.126. The lowest BCUT2D eigenvalue weighted by Crippen LogP contribution is -2.54. The molecule has 72 heavy (non-hydrogen) atoms. The Hall–Kier alpha value is -5.38. The maximum absolute atomic E-state index is 13.8. The lowest BCUT2D eigenvalue weighted by molar-refractivity contribution is -0.143. The largest absolute Gasteiger partial charge is 0.480 e. The van der Waals surface area contributed by atoms with Gasteiger partial charge in [-0.25, -0.2) is 40.8 Å². The minimum Gasteiger partial charge on any atom is -0.480 e. The Labute approximate surface area is 435 Å². The van der Waals surface area contributed by atoms with Gasteiger partial charge >= 0.3 is 23.9 Å². The van der Waals surface area contributed by atoms with Gasteiger partial charge in [0.1, 0.15) is 30.0 Å². The van der Waals surface area contributed by atoms with E-state index in [0.29, 0.717) is 43.5 Å². The monoisotopic (exact) mass is 1130 g/mol. The molecule has 0 bridgehead atoms. The van der Waals surface area contributed by atoms with Crippen LogP contribution in [0.4, 0.5) is 4.39 Å². The zero-order chi connectivity index (χ0) is 52.1. The van der Waals surface area contributed by atoms with Crippen molar-refractivity contribution in [2.24, 2.45) is 9.98 Å². The standard InChI is InChI=1S/C22H22Cl2N4O6S2.C22H22ClFN4O6S2/c1-2-34-22(31)17-15(10-28-6-8-36(32,33)11-16(28)21(29)30)26-19(20-25-5-7-35-20)27-18(17)13-4-3-12(23)9-14(13)24;1-2-34-22(31)17-15(10-28-6-8-36(32,33)11-16(28)21(29)30)26-19(20-25-5-7-35-20)27-18(17)13-4-3-12(24)9-14(13)23/h2*3-5,7,9,16,18H,2,6,8,10-11H2,1H3,(H,26,27)(H,29,30)/t2*16-,18?/m00/s1. The highest BCUT2D eigenvalue weighted by Crippen LogP contribution is 2.39. The average Bonchev–Trinajstić information content (AvgIpc) is 4.07. The van der Waals surface area contributed by atoms with Crippen LogP contribution in [0.15, 0.2) is 92.1 Å². The summed E-state index contributed by atoms with van der Waals surface area (Å²) in [5, 5.41) is 30.9. The van der Waals surface area contributed by atoms with Crippen molar-refractivity contribution in [1.82, 2.24) is 30.4 Å². The Bertz CT molecular complexity index is 2900. The lowest BCUT2D eigenvalue weighted by Gasteiger charge is -2.35. The van der Waals surface area contributed by atoms with Crippen LogP contribution in [0.5, 0.6) is 0 Å². The number of esters is 2. The molecule has 0 radical (unpaired) electrons. The minimum atomic E-state index is -3.53. The number of thiazole rings is 2. The van der Waals surface area contributed by atoms with Gasteiger partial charge < -0.3 is 30.3 Å². The van der Waals surface area contributed by atoms with Crippen LogP contribution in [0.1, 0.15) is 47.1 Å². The van der Waals surface area contributed by atoms with Gasteiger partial charge in [0.05, 0.1) is 47.4 Å². The summed E-state index contributed by atoms with van der Waals surface area (Å²) in [6.07, 6.45) is 3.18. The van der Waals surface area contributed by atoms with E-state index < -0.39 is 85.0 Å². The molecular weight excluding hydrogens is 1090 g/mol. The smallest absolute Gasteiger partial charge is 0.338 e. The maximum atomic E-state index is 13.8. The zero-order valence-corrected chi connectivity index (χ0v) is 43.5.